The predicted molar refractivity (Wildman–Crippen MR) is 101 cm³/mol. The first-order valence-corrected chi connectivity index (χ1v) is 9.10. The van der Waals surface area contributed by atoms with Crippen LogP contribution in [-0.2, 0) is 0 Å². The van der Waals surface area contributed by atoms with Gasteiger partial charge in [0.25, 0.3) is 0 Å². The van der Waals surface area contributed by atoms with Crippen molar-refractivity contribution >= 4 is 23.1 Å². The predicted octanol–water partition coefficient (Wildman–Crippen LogP) is 5.71. The number of hydrogen-bond donors (Lipinski definition) is 1. The standard InChI is InChI=1S/C20H22ClN3/c1-14-7-12-18-23-19(15-8-10-16(21)11-9-15)20(24(18)13-14)22-17-5-3-2-4-6-17/h7-13,17,22H,2-6H2,1H3. The minimum atomic E-state index is 0.533. The highest BCUT2D eigenvalue weighted by atomic mass is 35.5. The molecular formula is C20H22ClN3. The molecule has 2 heterocycles. The number of halogens is 1. The summed E-state index contributed by atoms with van der Waals surface area (Å²) in [7, 11) is 0. The Bertz CT molecular complexity index is 845. The normalized spacial score (nSPS) is 15.8. The van der Waals surface area contributed by atoms with Crippen LogP contribution in [-0.4, -0.2) is 15.4 Å². The molecule has 3 nitrogen and oxygen atoms in total. The second-order valence-electron chi connectivity index (χ2n) is 6.73. The number of pyridine rings is 1. The number of hydrogen-bond acceptors (Lipinski definition) is 2. The van der Waals surface area contributed by atoms with E-state index < -0.39 is 0 Å². The minimum absolute atomic E-state index is 0.533. The van der Waals surface area contributed by atoms with Gasteiger partial charge in [-0.2, -0.15) is 0 Å². The van der Waals surface area contributed by atoms with Crippen molar-refractivity contribution in [3.63, 3.8) is 0 Å². The van der Waals surface area contributed by atoms with Gasteiger partial charge < -0.3 is 5.32 Å². The molecule has 0 atom stereocenters. The summed E-state index contributed by atoms with van der Waals surface area (Å²) in [6, 6.07) is 12.7. The molecule has 2 aromatic heterocycles. The molecule has 0 unspecified atom stereocenters. The average Bonchev–Trinajstić information content (AvgIpc) is 2.94. The number of benzene rings is 1. The molecule has 1 saturated carbocycles. The van der Waals surface area contributed by atoms with Gasteiger partial charge in [-0.05, 0) is 43.5 Å². The van der Waals surface area contributed by atoms with E-state index in [2.05, 4.69) is 35.0 Å². The van der Waals surface area contributed by atoms with Crippen LogP contribution in [0.2, 0.25) is 5.02 Å². The molecule has 0 bridgehead atoms. The van der Waals surface area contributed by atoms with Gasteiger partial charge in [-0.3, -0.25) is 4.40 Å². The third kappa shape index (κ3) is 3.01. The number of anilines is 1. The van der Waals surface area contributed by atoms with Gasteiger partial charge >= 0.3 is 0 Å². The van der Waals surface area contributed by atoms with Gasteiger partial charge in [0.15, 0.2) is 0 Å². The zero-order valence-corrected chi connectivity index (χ0v) is 14.7. The first kappa shape index (κ1) is 15.5. The lowest BCUT2D eigenvalue weighted by Gasteiger charge is -2.24. The molecule has 4 rings (SSSR count). The van der Waals surface area contributed by atoms with Crippen molar-refractivity contribution in [1.82, 2.24) is 9.38 Å². The Labute approximate surface area is 147 Å². The molecule has 0 spiro atoms. The molecule has 1 aliphatic carbocycles. The summed E-state index contributed by atoms with van der Waals surface area (Å²) >= 11 is 6.05. The highest BCUT2D eigenvalue weighted by molar-refractivity contribution is 6.30. The highest BCUT2D eigenvalue weighted by Crippen LogP contribution is 2.32. The Morgan fingerprint density at radius 3 is 2.54 bits per heavy atom. The topological polar surface area (TPSA) is 29.3 Å². The number of aromatic nitrogens is 2. The van der Waals surface area contributed by atoms with E-state index in [-0.39, 0.29) is 0 Å². The van der Waals surface area contributed by atoms with Gasteiger partial charge in [0.2, 0.25) is 0 Å². The van der Waals surface area contributed by atoms with E-state index in [1.165, 1.54) is 37.7 Å². The fourth-order valence-electron chi connectivity index (χ4n) is 3.54. The highest BCUT2D eigenvalue weighted by Gasteiger charge is 2.19. The smallest absolute Gasteiger partial charge is 0.139 e. The van der Waals surface area contributed by atoms with E-state index in [1.54, 1.807) is 0 Å². The van der Waals surface area contributed by atoms with Crippen molar-refractivity contribution in [2.75, 3.05) is 5.32 Å². The molecule has 1 N–H and O–H groups in total. The van der Waals surface area contributed by atoms with Crippen molar-refractivity contribution in [2.24, 2.45) is 0 Å². The van der Waals surface area contributed by atoms with Gasteiger partial charge in [-0.25, -0.2) is 4.98 Å². The molecule has 4 heteroatoms. The summed E-state index contributed by atoms with van der Waals surface area (Å²) in [6.45, 7) is 2.12. The second-order valence-corrected chi connectivity index (χ2v) is 7.17. The molecule has 3 aromatic rings. The third-order valence-electron chi connectivity index (χ3n) is 4.83. The van der Waals surface area contributed by atoms with Crippen molar-refractivity contribution in [3.8, 4) is 11.3 Å². The Morgan fingerprint density at radius 1 is 1.04 bits per heavy atom. The number of aryl methyl sites for hydroxylation is 1. The molecule has 0 saturated heterocycles. The van der Waals surface area contributed by atoms with Crippen molar-refractivity contribution < 1.29 is 0 Å². The molecule has 0 aliphatic heterocycles. The maximum atomic E-state index is 6.05. The number of nitrogens with one attached hydrogen (secondary N) is 1. The van der Waals surface area contributed by atoms with Gasteiger partial charge in [0.05, 0.1) is 0 Å². The summed E-state index contributed by atoms with van der Waals surface area (Å²) in [5.41, 5.74) is 4.31. The van der Waals surface area contributed by atoms with Crippen LogP contribution in [0.4, 0.5) is 5.82 Å². The molecule has 0 radical (unpaired) electrons. The largest absolute Gasteiger partial charge is 0.367 e. The first-order valence-electron chi connectivity index (χ1n) is 8.72. The van der Waals surface area contributed by atoms with Crippen LogP contribution in [0.5, 0.6) is 0 Å². The average molecular weight is 340 g/mol. The van der Waals surface area contributed by atoms with Crippen LogP contribution in [0, 0.1) is 6.92 Å². The van der Waals surface area contributed by atoms with Gasteiger partial charge in [-0.1, -0.05) is 49.1 Å². The lowest BCUT2D eigenvalue weighted by atomic mass is 9.95. The summed E-state index contributed by atoms with van der Waals surface area (Å²) in [5.74, 6) is 1.10. The zero-order chi connectivity index (χ0) is 16.5. The fraction of sp³-hybridized carbons (Fsp3) is 0.350. The maximum absolute atomic E-state index is 6.05. The molecule has 124 valence electrons. The SMILES string of the molecule is Cc1ccc2nc(-c3ccc(Cl)cc3)c(NC3CCCCC3)n2c1. The van der Waals surface area contributed by atoms with Gasteiger partial charge in [-0.15, -0.1) is 0 Å². The Balaban J connectivity index is 1.81. The quantitative estimate of drug-likeness (QED) is 0.662. The molecule has 24 heavy (non-hydrogen) atoms. The van der Waals surface area contributed by atoms with Gasteiger partial charge in [0.1, 0.15) is 17.2 Å². The van der Waals surface area contributed by atoms with Crippen LogP contribution >= 0.6 is 11.6 Å². The lowest BCUT2D eigenvalue weighted by Crippen LogP contribution is -2.23. The van der Waals surface area contributed by atoms with Gasteiger partial charge in [0, 0.05) is 22.8 Å². The molecule has 1 fully saturated rings. The van der Waals surface area contributed by atoms with E-state index in [9.17, 15) is 0 Å². The molecule has 1 aromatic carbocycles. The fourth-order valence-corrected chi connectivity index (χ4v) is 3.66. The van der Waals surface area contributed by atoms with E-state index in [4.69, 9.17) is 16.6 Å². The summed E-state index contributed by atoms with van der Waals surface area (Å²) in [4.78, 5) is 4.88. The summed E-state index contributed by atoms with van der Waals surface area (Å²) in [6.07, 6.45) is 8.60. The number of fused-ring (bicyclic) bond motifs is 1. The monoisotopic (exact) mass is 339 g/mol. The summed E-state index contributed by atoms with van der Waals surface area (Å²) < 4.78 is 2.19. The third-order valence-corrected chi connectivity index (χ3v) is 5.08. The number of rotatable bonds is 3. The van der Waals surface area contributed by atoms with Crippen LogP contribution in [0.15, 0.2) is 42.6 Å². The van der Waals surface area contributed by atoms with Crippen LogP contribution in [0.1, 0.15) is 37.7 Å². The van der Waals surface area contributed by atoms with E-state index in [0.717, 1.165) is 27.7 Å². The van der Waals surface area contributed by atoms with Crippen LogP contribution in [0.3, 0.4) is 0 Å². The molecular weight excluding hydrogens is 318 g/mol. The summed E-state index contributed by atoms with van der Waals surface area (Å²) in [5, 5.41) is 4.53. The zero-order valence-electron chi connectivity index (χ0n) is 13.9. The van der Waals surface area contributed by atoms with E-state index in [1.807, 2.05) is 24.3 Å². The van der Waals surface area contributed by atoms with Crippen molar-refractivity contribution in [3.05, 3.63) is 53.2 Å². The number of imidazole rings is 1. The maximum Gasteiger partial charge on any atom is 0.139 e. The Hall–Kier alpha value is -2.00. The van der Waals surface area contributed by atoms with E-state index in [0.29, 0.717) is 6.04 Å². The minimum Gasteiger partial charge on any atom is -0.367 e. The van der Waals surface area contributed by atoms with Crippen molar-refractivity contribution in [1.29, 1.82) is 0 Å². The van der Waals surface area contributed by atoms with Crippen LogP contribution < -0.4 is 5.32 Å². The molecule has 0 amide bonds. The first-order chi connectivity index (χ1) is 11.7. The Morgan fingerprint density at radius 2 is 1.79 bits per heavy atom. The Kier molecular flexibility index (Phi) is 4.19. The lowest BCUT2D eigenvalue weighted by molar-refractivity contribution is 0.462. The number of nitrogens with zero attached hydrogens (tertiary/aromatic N) is 2. The van der Waals surface area contributed by atoms with E-state index >= 15 is 0 Å². The van der Waals surface area contributed by atoms with Crippen molar-refractivity contribution in [2.45, 2.75) is 45.1 Å². The van der Waals surface area contributed by atoms with Crippen LogP contribution in [0.25, 0.3) is 16.9 Å². The second kappa shape index (κ2) is 6.48. The molecule has 1 aliphatic rings.